The Bertz CT molecular complexity index is 324. The molecule has 1 N–H and O–H groups in total. The molecule has 0 saturated heterocycles. The second kappa shape index (κ2) is 7.45. The van der Waals surface area contributed by atoms with Gasteiger partial charge in [-0.15, -0.1) is 11.3 Å². The summed E-state index contributed by atoms with van der Waals surface area (Å²) in [6.07, 6.45) is 1.78. The second-order valence-electron chi connectivity index (χ2n) is 4.00. The Morgan fingerprint density at radius 1 is 1.53 bits per heavy atom. The first kappa shape index (κ1) is 14.2. The minimum atomic E-state index is -0.197. The van der Waals surface area contributed by atoms with Crippen LogP contribution in [0.3, 0.4) is 0 Å². The first-order valence-corrected chi connectivity index (χ1v) is 7.03. The van der Waals surface area contributed by atoms with Crippen LogP contribution in [-0.2, 0) is 9.53 Å². The molecule has 0 aliphatic carbocycles. The normalized spacial score (nSPS) is 14.3. The molecule has 1 rings (SSSR count). The van der Waals surface area contributed by atoms with Crippen molar-refractivity contribution in [3.05, 3.63) is 22.4 Å². The van der Waals surface area contributed by atoms with Gasteiger partial charge in [0.2, 0.25) is 0 Å². The molecule has 0 aliphatic rings. The van der Waals surface area contributed by atoms with E-state index < -0.39 is 0 Å². The Kier molecular flexibility index (Phi) is 6.22. The molecule has 0 aromatic carbocycles. The van der Waals surface area contributed by atoms with Crippen LogP contribution < -0.4 is 5.32 Å². The van der Waals surface area contributed by atoms with Crippen molar-refractivity contribution >= 4 is 17.3 Å². The van der Waals surface area contributed by atoms with Gasteiger partial charge in [-0.2, -0.15) is 0 Å². The lowest BCUT2D eigenvalue weighted by Gasteiger charge is -2.20. The summed E-state index contributed by atoms with van der Waals surface area (Å²) in [7, 11) is 0. The average molecular weight is 255 g/mol. The number of hydrogen-bond acceptors (Lipinski definition) is 4. The van der Waals surface area contributed by atoms with E-state index in [0.29, 0.717) is 6.61 Å². The number of nitrogens with one attached hydrogen (secondary N) is 1. The Morgan fingerprint density at radius 3 is 2.82 bits per heavy atom. The summed E-state index contributed by atoms with van der Waals surface area (Å²) in [5.74, 6) is -0.141. The maximum absolute atomic E-state index is 11.8. The van der Waals surface area contributed by atoms with E-state index in [0.717, 1.165) is 12.8 Å². The number of thiophene rings is 1. The van der Waals surface area contributed by atoms with Gasteiger partial charge in [0, 0.05) is 10.9 Å². The lowest BCUT2D eigenvalue weighted by molar-refractivity contribution is -0.146. The standard InChI is InChI=1S/C13H21NO2S/c1-4-7-11(13(15)16-5-2)14-10(3)12-8-6-9-17-12/h6,8-11,14H,4-5,7H2,1-3H3. The number of esters is 1. The molecule has 2 atom stereocenters. The van der Waals surface area contributed by atoms with Gasteiger partial charge >= 0.3 is 5.97 Å². The highest BCUT2D eigenvalue weighted by atomic mass is 32.1. The molecule has 0 saturated carbocycles. The van der Waals surface area contributed by atoms with E-state index in [2.05, 4.69) is 25.2 Å². The molecule has 0 aliphatic heterocycles. The van der Waals surface area contributed by atoms with Gasteiger partial charge in [0.15, 0.2) is 0 Å². The summed E-state index contributed by atoms with van der Waals surface area (Å²) in [5, 5.41) is 5.39. The monoisotopic (exact) mass is 255 g/mol. The van der Waals surface area contributed by atoms with Crippen LogP contribution in [0.2, 0.25) is 0 Å². The van der Waals surface area contributed by atoms with Crippen molar-refractivity contribution in [2.75, 3.05) is 6.61 Å². The molecule has 17 heavy (non-hydrogen) atoms. The molecular weight excluding hydrogens is 234 g/mol. The molecule has 0 radical (unpaired) electrons. The molecule has 0 fully saturated rings. The molecule has 3 nitrogen and oxygen atoms in total. The highest BCUT2D eigenvalue weighted by Gasteiger charge is 2.21. The summed E-state index contributed by atoms with van der Waals surface area (Å²) in [4.78, 5) is 13.0. The van der Waals surface area contributed by atoms with Gasteiger partial charge in [-0.25, -0.2) is 0 Å². The van der Waals surface area contributed by atoms with Crippen molar-refractivity contribution in [3.63, 3.8) is 0 Å². The lowest BCUT2D eigenvalue weighted by Crippen LogP contribution is -2.39. The van der Waals surface area contributed by atoms with Crippen LogP contribution in [0, 0.1) is 0 Å². The third kappa shape index (κ3) is 4.48. The van der Waals surface area contributed by atoms with Crippen molar-refractivity contribution in [1.29, 1.82) is 0 Å². The first-order valence-electron chi connectivity index (χ1n) is 6.15. The van der Waals surface area contributed by atoms with E-state index in [1.807, 2.05) is 18.4 Å². The van der Waals surface area contributed by atoms with E-state index in [1.165, 1.54) is 4.88 Å². The van der Waals surface area contributed by atoms with E-state index in [9.17, 15) is 4.79 Å². The maximum atomic E-state index is 11.8. The predicted molar refractivity (Wildman–Crippen MR) is 71.2 cm³/mol. The average Bonchev–Trinajstić information content (AvgIpc) is 2.82. The molecule has 96 valence electrons. The molecular formula is C13H21NO2S. The molecule has 1 aromatic rings. The van der Waals surface area contributed by atoms with Gasteiger partial charge in [-0.3, -0.25) is 10.1 Å². The first-order chi connectivity index (χ1) is 8.19. The smallest absolute Gasteiger partial charge is 0.323 e. The van der Waals surface area contributed by atoms with E-state index in [4.69, 9.17) is 4.74 Å². The number of carbonyl (C=O) groups excluding carboxylic acids is 1. The summed E-state index contributed by atoms with van der Waals surface area (Å²) in [5.41, 5.74) is 0. The zero-order valence-electron chi connectivity index (χ0n) is 10.7. The summed E-state index contributed by atoms with van der Waals surface area (Å²) in [6.45, 7) is 6.43. The van der Waals surface area contributed by atoms with Crippen molar-refractivity contribution in [3.8, 4) is 0 Å². The third-order valence-electron chi connectivity index (χ3n) is 2.57. The fraction of sp³-hybridized carbons (Fsp3) is 0.615. The minimum Gasteiger partial charge on any atom is -0.465 e. The number of hydrogen-bond donors (Lipinski definition) is 1. The Morgan fingerprint density at radius 2 is 2.29 bits per heavy atom. The third-order valence-corrected chi connectivity index (χ3v) is 3.62. The van der Waals surface area contributed by atoms with Crippen LogP contribution in [0.5, 0.6) is 0 Å². The van der Waals surface area contributed by atoms with Crippen LogP contribution in [0.25, 0.3) is 0 Å². The van der Waals surface area contributed by atoms with Gasteiger partial charge in [0.25, 0.3) is 0 Å². The molecule has 2 unspecified atom stereocenters. The molecule has 4 heteroatoms. The number of rotatable bonds is 7. The fourth-order valence-electron chi connectivity index (χ4n) is 1.72. The van der Waals surface area contributed by atoms with Crippen molar-refractivity contribution < 1.29 is 9.53 Å². The maximum Gasteiger partial charge on any atom is 0.323 e. The molecule has 1 aromatic heterocycles. The molecule has 0 bridgehead atoms. The summed E-state index contributed by atoms with van der Waals surface area (Å²) in [6, 6.07) is 4.10. The van der Waals surface area contributed by atoms with E-state index in [-0.39, 0.29) is 18.1 Å². The SMILES string of the molecule is CCCC(NC(C)c1cccs1)C(=O)OCC. The Labute approximate surface area is 107 Å². The van der Waals surface area contributed by atoms with Crippen LogP contribution in [-0.4, -0.2) is 18.6 Å². The van der Waals surface area contributed by atoms with Gasteiger partial charge < -0.3 is 4.74 Å². The minimum absolute atomic E-state index is 0.141. The summed E-state index contributed by atoms with van der Waals surface area (Å²) >= 11 is 1.70. The highest BCUT2D eigenvalue weighted by Crippen LogP contribution is 2.19. The number of carbonyl (C=O) groups is 1. The molecule has 0 spiro atoms. The van der Waals surface area contributed by atoms with Gasteiger partial charge in [0.1, 0.15) is 6.04 Å². The number of ether oxygens (including phenoxy) is 1. The summed E-state index contributed by atoms with van der Waals surface area (Å²) < 4.78 is 5.08. The van der Waals surface area contributed by atoms with Gasteiger partial charge in [-0.05, 0) is 31.7 Å². The molecule has 1 heterocycles. The van der Waals surface area contributed by atoms with E-state index >= 15 is 0 Å². The second-order valence-corrected chi connectivity index (χ2v) is 4.98. The van der Waals surface area contributed by atoms with Gasteiger partial charge in [0.05, 0.1) is 6.61 Å². The van der Waals surface area contributed by atoms with Crippen LogP contribution in [0.1, 0.15) is 44.5 Å². The highest BCUT2D eigenvalue weighted by molar-refractivity contribution is 7.10. The zero-order valence-corrected chi connectivity index (χ0v) is 11.5. The Hall–Kier alpha value is -0.870. The zero-order chi connectivity index (χ0) is 12.7. The van der Waals surface area contributed by atoms with Crippen LogP contribution in [0.15, 0.2) is 17.5 Å². The van der Waals surface area contributed by atoms with Crippen molar-refractivity contribution in [2.24, 2.45) is 0 Å². The quantitative estimate of drug-likeness (QED) is 0.761. The topological polar surface area (TPSA) is 38.3 Å². The van der Waals surface area contributed by atoms with E-state index in [1.54, 1.807) is 11.3 Å². The molecule has 0 amide bonds. The van der Waals surface area contributed by atoms with Crippen molar-refractivity contribution in [1.82, 2.24) is 5.32 Å². The van der Waals surface area contributed by atoms with Crippen LogP contribution >= 0.6 is 11.3 Å². The fourth-order valence-corrected chi connectivity index (χ4v) is 2.47. The largest absolute Gasteiger partial charge is 0.465 e. The predicted octanol–water partition coefficient (Wildman–Crippen LogP) is 3.13. The lowest BCUT2D eigenvalue weighted by atomic mass is 10.1. The Balaban J connectivity index is 2.56. The van der Waals surface area contributed by atoms with Crippen molar-refractivity contribution in [2.45, 2.75) is 45.7 Å². The van der Waals surface area contributed by atoms with Crippen LogP contribution in [0.4, 0.5) is 0 Å². The van der Waals surface area contributed by atoms with Gasteiger partial charge in [-0.1, -0.05) is 19.4 Å².